The van der Waals surface area contributed by atoms with Gasteiger partial charge in [0.25, 0.3) is 0 Å². The van der Waals surface area contributed by atoms with Crippen LogP contribution in [-0.2, 0) is 19.4 Å². The molecule has 0 amide bonds. The number of rotatable bonds is 6. The maximum absolute atomic E-state index is 6.15. The summed E-state index contributed by atoms with van der Waals surface area (Å²) < 4.78 is 0. The topological polar surface area (TPSA) is 49.3 Å². The zero-order chi connectivity index (χ0) is 15.8. The van der Waals surface area contributed by atoms with E-state index in [-0.39, 0.29) is 24.0 Å². The number of benzene rings is 1. The van der Waals surface area contributed by atoms with Crippen LogP contribution < -0.4 is 10.6 Å². The summed E-state index contributed by atoms with van der Waals surface area (Å²) >= 11 is 7.88. The fourth-order valence-corrected chi connectivity index (χ4v) is 3.02. The average molecular weight is 465 g/mol. The molecule has 0 aliphatic heterocycles. The van der Waals surface area contributed by atoms with Crippen LogP contribution >= 0.6 is 46.9 Å². The van der Waals surface area contributed by atoms with Gasteiger partial charge in [-0.05, 0) is 24.5 Å². The monoisotopic (exact) mass is 464 g/mol. The van der Waals surface area contributed by atoms with E-state index in [1.165, 1.54) is 4.88 Å². The zero-order valence-electron chi connectivity index (χ0n) is 13.3. The summed E-state index contributed by atoms with van der Waals surface area (Å²) in [6.45, 7) is 3.61. The van der Waals surface area contributed by atoms with Gasteiger partial charge in [0, 0.05) is 29.7 Å². The Kier molecular flexibility index (Phi) is 9.50. The molecular formula is C16H22ClIN4S. The van der Waals surface area contributed by atoms with Crippen LogP contribution in [0.15, 0.2) is 35.5 Å². The Morgan fingerprint density at radius 2 is 2.09 bits per heavy atom. The maximum atomic E-state index is 6.15. The van der Waals surface area contributed by atoms with Gasteiger partial charge < -0.3 is 10.6 Å². The molecule has 0 unspecified atom stereocenters. The Balaban J connectivity index is 0.00000264. The van der Waals surface area contributed by atoms with Crippen LogP contribution in [0, 0.1) is 0 Å². The van der Waals surface area contributed by atoms with Gasteiger partial charge in [-0.1, -0.05) is 36.7 Å². The van der Waals surface area contributed by atoms with Gasteiger partial charge in [-0.15, -0.1) is 35.3 Å². The number of nitrogens with zero attached hydrogens (tertiary/aromatic N) is 2. The molecule has 23 heavy (non-hydrogen) atoms. The highest BCUT2D eigenvalue weighted by Gasteiger charge is 2.03. The smallest absolute Gasteiger partial charge is 0.191 e. The molecular weight excluding hydrogens is 443 g/mol. The van der Waals surface area contributed by atoms with Gasteiger partial charge in [0.2, 0.25) is 0 Å². The summed E-state index contributed by atoms with van der Waals surface area (Å²) in [7, 11) is 1.77. The summed E-state index contributed by atoms with van der Waals surface area (Å²) in [4.78, 5) is 9.91. The van der Waals surface area contributed by atoms with E-state index in [1.807, 2.05) is 30.5 Å². The highest BCUT2D eigenvalue weighted by molar-refractivity contribution is 14.0. The highest BCUT2D eigenvalue weighted by atomic mass is 127. The predicted molar refractivity (Wildman–Crippen MR) is 110 cm³/mol. The largest absolute Gasteiger partial charge is 0.356 e. The molecule has 0 bridgehead atoms. The third-order valence-electron chi connectivity index (χ3n) is 3.23. The number of hydrogen-bond donors (Lipinski definition) is 2. The van der Waals surface area contributed by atoms with Gasteiger partial charge in [0.05, 0.1) is 6.54 Å². The second kappa shape index (κ2) is 10.8. The van der Waals surface area contributed by atoms with Gasteiger partial charge in [-0.3, -0.25) is 4.99 Å². The second-order valence-electron chi connectivity index (χ2n) is 4.77. The number of guanidine groups is 1. The Morgan fingerprint density at radius 1 is 1.30 bits per heavy atom. The lowest BCUT2D eigenvalue weighted by Crippen LogP contribution is -2.37. The van der Waals surface area contributed by atoms with E-state index in [0.29, 0.717) is 6.54 Å². The van der Waals surface area contributed by atoms with Crippen LogP contribution in [-0.4, -0.2) is 24.5 Å². The summed E-state index contributed by atoms with van der Waals surface area (Å²) in [6.07, 6.45) is 3.83. The van der Waals surface area contributed by atoms with E-state index < -0.39 is 0 Å². The SMILES string of the molecule is CCc1cnc(CNC(=NC)NCCc2ccccc2Cl)s1.I. The fourth-order valence-electron chi connectivity index (χ4n) is 1.99. The molecule has 2 aromatic rings. The van der Waals surface area contributed by atoms with Crippen molar-refractivity contribution in [3.05, 3.63) is 50.9 Å². The number of thiazole rings is 1. The van der Waals surface area contributed by atoms with Gasteiger partial charge in [0.1, 0.15) is 5.01 Å². The summed E-state index contributed by atoms with van der Waals surface area (Å²) in [6, 6.07) is 7.90. The van der Waals surface area contributed by atoms with Gasteiger partial charge in [0.15, 0.2) is 5.96 Å². The van der Waals surface area contributed by atoms with Crippen LogP contribution in [0.5, 0.6) is 0 Å². The highest BCUT2D eigenvalue weighted by Crippen LogP contribution is 2.15. The molecule has 2 N–H and O–H groups in total. The first-order chi connectivity index (χ1) is 10.7. The Labute approximate surface area is 163 Å². The van der Waals surface area contributed by atoms with Crippen molar-refractivity contribution in [1.82, 2.24) is 15.6 Å². The van der Waals surface area contributed by atoms with E-state index in [4.69, 9.17) is 11.6 Å². The van der Waals surface area contributed by atoms with Gasteiger partial charge in [-0.25, -0.2) is 4.98 Å². The van der Waals surface area contributed by atoms with Crippen LogP contribution in [0.3, 0.4) is 0 Å². The minimum absolute atomic E-state index is 0. The lowest BCUT2D eigenvalue weighted by molar-refractivity contribution is 0.792. The minimum Gasteiger partial charge on any atom is -0.356 e. The molecule has 7 heteroatoms. The van der Waals surface area contributed by atoms with Crippen molar-refractivity contribution >= 4 is 52.9 Å². The summed E-state index contributed by atoms with van der Waals surface area (Å²) in [5, 5.41) is 8.45. The average Bonchev–Trinajstić information content (AvgIpc) is 3.00. The Bertz CT molecular complexity index is 630. The first-order valence-corrected chi connectivity index (χ1v) is 8.54. The van der Waals surface area contributed by atoms with Crippen LogP contribution in [0.4, 0.5) is 0 Å². The lowest BCUT2D eigenvalue weighted by Gasteiger charge is -2.11. The molecule has 0 saturated heterocycles. The zero-order valence-corrected chi connectivity index (χ0v) is 17.2. The van der Waals surface area contributed by atoms with Crippen molar-refractivity contribution < 1.29 is 0 Å². The number of aliphatic imine (C=N–C) groups is 1. The molecule has 2 rings (SSSR count). The van der Waals surface area contributed by atoms with Crippen molar-refractivity contribution in [1.29, 1.82) is 0 Å². The number of nitrogens with one attached hydrogen (secondary N) is 2. The predicted octanol–water partition coefficient (Wildman–Crippen LogP) is 3.88. The van der Waals surface area contributed by atoms with Gasteiger partial charge >= 0.3 is 0 Å². The number of aryl methyl sites for hydroxylation is 1. The Hall–Kier alpha value is -0.860. The van der Waals surface area contributed by atoms with Crippen LogP contribution in [0.2, 0.25) is 5.02 Å². The van der Waals surface area contributed by atoms with Crippen molar-refractivity contribution in [2.75, 3.05) is 13.6 Å². The number of hydrogen-bond acceptors (Lipinski definition) is 3. The molecule has 0 saturated carbocycles. The number of halogens is 2. The van der Waals surface area contributed by atoms with E-state index in [0.717, 1.165) is 40.9 Å². The molecule has 0 fully saturated rings. The van der Waals surface area contributed by atoms with Crippen LogP contribution in [0.25, 0.3) is 0 Å². The van der Waals surface area contributed by atoms with E-state index >= 15 is 0 Å². The molecule has 1 heterocycles. The molecule has 0 spiro atoms. The van der Waals surface area contributed by atoms with E-state index in [2.05, 4.69) is 27.5 Å². The van der Waals surface area contributed by atoms with Crippen molar-refractivity contribution in [3.8, 4) is 0 Å². The molecule has 126 valence electrons. The second-order valence-corrected chi connectivity index (χ2v) is 6.37. The first kappa shape index (κ1) is 20.2. The molecule has 0 aliphatic carbocycles. The Morgan fingerprint density at radius 3 is 2.74 bits per heavy atom. The molecule has 4 nitrogen and oxygen atoms in total. The molecule has 1 aromatic heterocycles. The maximum Gasteiger partial charge on any atom is 0.191 e. The van der Waals surface area contributed by atoms with E-state index in [1.54, 1.807) is 18.4 Å². The fraction of sp³-hybridized carbons (Fsp3) is 0.375. The third kappa shape index (κ3) is 6.64. The quantitative estimate of drug-likeness (QED) is 0.387. The molecule has 1 aromatic carbocycles. The van der Waals surface area contributed by atoms with Crippen LogP contribution in [0.1, 0.15) is 22.4 Å². The summed E-state index contributed by atoms with van der Waals surface area (Å²) in [5.74, 6) is 0.778. The van der Waals surface area contributed by atoms with Gasteiger partial charge in [-0.2, -0.15) is 0 Å². The number of aromatic nitrogens is 1. The molecule has 0 radical (unpaired) electrons. The summed E-state index contributed by atoms with van der Waals surface area (Å²) in [5.41, 5.74) is 1.14. The lowest BCUT2D eigenvalue weighted by atomic mass is 10.1. The van der Waals surface area contributed by atoms with E-state index in [9.17, 15) is 0 Å². The standard InChI is InChI=1S/C16H21ClN4S.HI/c1-3-13-10-20-15(22-13)11-21-16(18-2)19-9-8-12-6-4-5-7-14(12)17;/h4-7,10H,3,8-9,11H2,1-2H3,(H2,18,19,21);1H. The minimum atomic E-state index is 0. The van der Waals surface area contributed by atoms with Crippen molar-refractivity contribution in [3.63, 3.8) is 0 Å². The molecule has 0 aliphatic rings. The molecule has 0 atom stereocenters. The van der Waals surface area contributed by atoms with Crippen molar-refractivity contribution in [2.45, 2.75) is 26.3 Å². The normalized spacial score (nSPS) is 11.0. The first-order valence-electron chi connectivity index (χ1n) is 7.34. The van der Waals surface area contributed by atoms with Crippen molar-refractivity contribution in [2.24, 2.45) is 4.99 Å². The third-order valence-corrected chi connectivity index (χ3v) is 4.74.